The molecule has 0 bridgehead atoms. The van der Waals surface area contributed by atoms with E-state index in [1.807, 2.05) is 0 Å². The topological polar surface area (TPSA) is 46.2 Å². The van der Waals surface area contributed by atoms with Gasteiger partial charge in [0.05, 0.1) is 0 Å². The fourth-order valence-electron chi connectivity index (χ4n) is 2.08. The molecule has 84 valence electrons. The Morgan fingerprint density at radius 1 is 1.56 bits per heavy atom. The quantitative estimate of drug-likeness (QED) is 0.825. The number of ketones is 1. The second kappa shape index (κ2) is 4.04. The smallest absolute Gasteiger partial charge is 0.220 e. The Morgan fingerprint density at radius 3 is 3.00 bits per heavy atom. The van der Waals surface area contributed by atoms with Gasteiger partial charge in [-0.2, -0.15) is 0 Å². The maximum absolute atomic E-state index is 13.0. The van der Waals surface area contributed by atoms with Crippen LogP contribution in [0.3, 0.4) is 0 Å². The minimum atomic E-state index is -0.410. The number of nitrogens with one attached hydrogen (secondary N) is 1. The normalized spacial score (nSPS) is 18.4. The number of Topliss-reactive ketones (excluding diaryl/α,β-unsaturated/α-hetero) is 1. The molecular formula is C12H12FNO2. The molecule has 1 aromatic carbocycles. The van der Waals surface area contributed by atoms with Gasteiger partial charge < -0.3 is 5.32 Å². The van der Waals surface area contributed by atoms with E-state index in [9.17, 15) is 14.0 Å². The van der Waals surface area contributed by atoms with Crippen LogP contribution in [-0.4, -0.2) is 18.7 Å². The number of amides is 1. The summed E-state index contributed by atoms with van der Waals surface area (Å²) in [4.78, 5) is 22.9. The molecule has 1 N–H and O–H groups in total. The molecule has 1 amide bonds. The van der Waals surface area contributed by atoms with Crippen LogP contribution >= 0.6 is 0 Å². The Labute approximate surface area is 92.7 Å². The van der Waals surface area contributed by atoms with Crippen LogP contribution in [-0.2, 0) is 4.79 Å². The van der Waals surface area contributed by atoms with E-state index in [4.69, 9.17) is 0 Å². The van der Waals surface area contributed by atoms with Crippen molar-refractivity contribution in [2.75, 3.05) is 7.05 Å². The molecule has 4 heteroatoms. The molecule has 0 heterocycles. The van der Waals surface area contributed by atoms with Crippen LogP contribution in [0.1, 0.15) is 34.7 Å². The summed E-state index contributed by atoms with van der Waals surface area (Å²) in [6, 6.07) is 4.18. The first-order valence-electron chi connectivity index (χ1n) is 5.15. The van der Waals surface area contributed by atoms with Crippen molar-refractivity contribution < 1.29 is 14.0 Å². The number of rotatable bonds is 2. The Bertz CT molecular complexity index is 456. The molecule has 0 saturated heterocycles. The zero-order chi connectivity index (χ0) is 11.7. The van der Waals surface area contributed by atoms with E-state index in [-0.39, 0.29) is 24.0 Å². The minimum absolute atomic E-state index is 0.0802. The average molecular weight is 221 g/mol. The Kier molecular flexibility index (Phi) is 2.73. The van der Waals surface area contributed by atoms with Gasteiger partial charge in [0, 0.05) is 31.4 Å². The first-order valence-corrected chi connectivity index (χ1v) is 5.15. The van der Waals surface area contributed by atoms with Crippen molar-refractivity contribution in [3.63, 3.8) is 0 Å². The third kappa shape index (κ3) is 1.83. The molecule has 3 nitrogen and oxygen atoms in total. The molecule has 2 rings (SSSR count). The van der Waals surface area contributed by atoms with Crippen molar-refractivity contribution >= 4 is 11.7 Å². The molecule has 0 aromatic heterocycles. The molecule has 0 fully saturated rings. The standard InChI is InChI=1S/C12H12FNO2/c1-14-12(16)5-7-4-11(15)10-6-8(13)2-3-9(7)10/h2-3,6-7H,4-5H2,1H3,(H,14,16). The highest BCUT2D eigenvalue weighted by molar-refractivity contribution is 6.01. The maximum Gasteiger partial charge on any atom is 0.220 e. The van der Waals surface area contributed by atoms with Gasteiger partial charge in [0.2, 0.25) is 5.91 Å². The van der Waals surface area contributed by atoms with Crippen molar-refractivity contribution in [1.29, 1.82) is 0 Å². The summed E-state index contributed by atoms with van der Waals surface area (Å²) in [6.07, 6.45) is 0.576. The highest BCUT2D eigenvalue weighted by atomic mass is 19.1. The second-order valence-electron chi connectivity index (χ2n) is 3.93. The molecule has 1 aliphatic carbocycles. The van der Waals surface area contributed by atoms with E-state index in [2.05, 4.69) is 5.32 Å². The molecule has 1 aliphatic rings. The summed E-state index contributed by atoms with van der Waals surface area (Å²) in [6.45, 7) is 0. The van der Waals surface area contributed by atoms with E-state index < -0.39 is 5.82 Å². The SMILES string of the molecule is CNC(=O)CC1CC(=O)c2cc(F)ccc21. The number of hydrogen-bond donors (Lipinski definition) is 1. The molecule has 0 radical (unpaired) electrons. The monoisotopic (exact) mass is 221 g/mol. The van der Waals surface area contributed by atoms with Crippen LogP contribution in [0, 0.1) is 5.82 Å². The lowest BCUT2D eigenvalue weighted by molar-refractivity contribution is -0.120. The fourth-order valence-corrected chi connectivity index (χ4v) is 2.08. The Balaban J connectivity index is 2.29. The van der Waals surface area contributed by atoms with Crippen molar-refractivity contribution in [2.24, 2.45) is 0 Å². The van der Waals surface area contributed by atoms with Gasteiger partial charge in [-0.3, -0.25) is 9.59 Å². The second-order valence-corrected chi connectivity index (χ2v) is 3.93. The molecule has 0 saturated carbocycles. The van der Waals surface area contributed by atoms with Gasteiger partial charge in [0.15, 0.2) is 5.78 Å². The van der Waals surface area contributed by atoms with Crippen LogP contribution < -0.4 is 5.32 Å². The maximum atomic E-state index is 13.0. The molecule has 1 aromatic rings. The zero-order valence-electron chi connectivity index (χ0n) is 8.92. The Hall–Kier alpha value is -1.71. The third-order valence-electron chi connectivity index (χ3n) is 2.90. The lowest BCUT2D eigenvalue weighted by Gasteiger charge is -2.08. The Morgan fingerprint density at radius 2 is 2.31 bits per heavy atom. The van der Waals surface area contributed by atoms with Crippen LogP contribution in [0.25, 0.3) is 0 Å². The fraction of sp³-hybridized carbons (Fsp3) is 0.333. The molecular weight excluding hydrogens is 209 g/mol. The summed E-state index contributed by atoms with van der Waals surface area (Å²) < 4.78 is 13.0. The summed E-state index contributed by atoms with van der Waals surface area (Å²) in [5.41, 5.74) is 1.21. The molecule has 0 spiro atoms. The van der Waals surface area contributed by atoms with Crippen LogP contribution in [0.15, 0.2) is 18.2 Å². The van der Waals surface area contributed by atoms with Gasteiger partial charge in [0.1, 0.15) is 5.82 Å². The molecule has 16 heavy (non-hydrogen) atoms. The van der Waals surface area contributed by atoms with Crippen LogP contribution in [0.2, 0.25) is 0 Å². The van der Waals surface area contributed by atoms with Gasteiger partial charge in [-0.25, -0.2) is 4.39 Å². The van der Waals surface area contributed by atoms with Gasteiger partial charge in [-0.15, -0.1) is 0 Å². The van der Waals surface area contributed by atoms with Gasteiger partial charge in [-0.05, 0) is 17.7 Å². The minimum Gasteiger partial charge on any atom is -0.359 e. The largest absolute Gasteiger partial charge is 0.359 e. The highest BCUT2D eigenvalue weighted by Gasteiger charge is 2.30. The van der Waals surface area contributed by atoms with Crippen LogP contribution in [0.4, 0.5) is 4.39 Å². The zero-order valence-corrected chi connectivity index (χ0v) is 8.92. The van der Waals surface area contributed by atoms with Gasteiger partial charge >= 0.3 is 0 Å². The first kappa shape index (κ1) is 10.8. The summed E-state index contributed by atoms with van der Waals surface area (Å²) in [7, 11) is 1.56. The lowest BCUT2D eigenvalue weighted by atomic mass is 9.97. The molecule has 0 aliphatic heterocycles. The van der Waals surface area contributed by atoms with Gasteiger partial charge in [0.25, 0.3) is 0 Å². The summed E-state index contributed by atoms with van der Waals surface area (Å²) in [5, 5.41) is 2.52. The number of halogens is 1. The number of benzene rings is 1. The van der Waals surface area contributed by atoms with E-state index in [0.717, 1.165) is 5.56 Å². The van der Waals surface area contributed by atoms with E-state index in [1.54, 1.807) is 13.1 Å². The summed E-state index contributed by atoms with van der Waals surface area (Å²) in [5.74, 6) is -0.700. The predicted octanol–water partition coefficient (Wildman–Crippen LogP) is 1.63. The number of carbonyl (C=O) groups excluding carboxylic acids is 2. The number of fused-ring (bicyclic) bond motifs is 1. The third-order valence-corrected chi connectivity index (χ3v) is 2.90. The van der Waals surface area contributed by atoms with E-state index >= 15 is 0 Å². The van der Waals surface area contributed by atoms with E-state index in [0.29, 0.717) is 12.0 Å². The highest BCUT2D eigenvalue weighted by Crippen LogP contribution is 2.35. The lowest BCUT2D eigenvalue weighted by Crippen LogP contribution is -2.19. The predicted molar refractivity (Wildman–Crippen MR) is 56.8 cm³/mol. The number of carbonyl (C=O) groups is 2. The molecule has 1 unspecified atom stereocenters. The molecule has 1 atom stereocenters. The number of hydrogen-bond acceptors (Lipinski definition) is 2. The summed E-state index contributed by atoms with van der Waals surface area (Å²) >= 11 is 0. The average Bonchev–Trinajstić information content (AvgIpc) is 2.55. The van der Waals surface area contributed by atoms with Crippen molar-refractivity contribution in [3.8, 4) is 0 Å². The van der Waals surface area contributed by atoms with Crippen molar-refractivity contribution in [3.05, 3.63) is 35.1 Å². The van der Waals surface area contributed by atoms with Crippen molar-refractivity contribution in [1.82, 2.24) is 5.32 Å². The van der Waals surface area contributed by atoms with Crippen LogP contribution in [0.5, 0.6) is 0 Å². The van der Waals surface area contributed by atoms with E-state index in [1.165, 1.54) is 12.1 Å². The van der Waals surface area contributed by atoms with Gasteiger partial charge in [-0.1, -0.05) is 6.07 Å². The first-order chi connectivity index (χ1) is 7.61. The van der Waals surface area contributed by atoms with Crippen molar-refractivity contribution in [2.45, 2.75) is 18.8 Å².